The highest BCUT2D eigenvalue weighted by molar-refractivity contribution is 7.98. The molecule has 0 amide bonds. The van der Waals surface area contributed by atoms with Gasteiger partial charge in [-0.05, 0) is 30.2 Å². The summed E-state index contributed by atoms with van der Waals surface area (Å²) in [7, 11) is 0. The number of nitrogens with zero attached hydrogens (tertiary/aromatic N) is 3. The second-order valence-corrected chi connectivity index (χ2v) is 6.40. The van der Waals surface area contributed by atoms with Crippen molar-refractivity contribution < 1.29 is 0 Å². The van der Waals surface area contributed by atoms with Crippen molar-refractivity contribution in [3.8, 4) is 0 Å². The highest BCUT2D eigenvalue weighted by Gasteiger charge is 2.10. The van der Waals surface area contributed by atoms with Crippen LogP contribution in [0.5, 0.6) is 0 Å². The van der Waals surface area contributed by atoms with Crippen LogP contribution in [0.15, 0.2) is 59.8 Å². The summed E-state index contributed by atoms with van der Waals surface area (Å²) < 4.78 is 2.14. The van der Waals surface area contributed by atoms with Crippen LogP contribution in [0.4, 0.5) is 0 Å². The van der Waals surface area contributed by atoms with Gasteiger partial charge in [-0.3, -0.25) is 0 Å². The van der Waals surface area contributed by atoms with Gasteiger partial charge in [0.15, 0.2) is 5.16 Å². The molecular formula is C17H16ClN3S. The van der Waals surface area contributed by atoms with Crippen molar-refractivity contribution in [3.63, 3.8) is 0 Å². The van der Waals surface area contributed by atoms with E-state index in [1.165, 1.54) is 11.1 Å². The van der Waals surface area contributed by atoms with Crippen LogP contribution in [-0.2, 0) is 12.3 Å². The second kappa shape index (κ2) is 6.99. The van der Waals surface area contributed by atoms with Crippen molar-refractivity contribution in [2.24, 2.45) is 0 Å². The Morgan fingerprint density at radius 3 is 2.55 bits per heavy atom. The van der Waals surface area contributed by atoms with E-state index in [2.05, 4.69) is 33.0 Å². The summed E-state index contributed by atoms with van der Waals surface area (Å²) in [5, 5.41) is 10.2. The molecule has 0 unspecified atom stereocenters. The molecule has 3 rings (SSSR count). The molecule has 0 atom stereocenters. The van der Waals surface area contributed by atoms with Gasteiger partial charge in [0.2, 0.25) is 0 Å². The van der Waals surface area contributed by atoms with Crippen molar-refractivity contribution in [2.75, 3.05) is 0 Å². The van der Waals surface area contributed by atoms with Crippen molar-refractivity contribution >= 4 is 23.4 Å². The molecule has 0 saturated heterocycles. The van der Waals surface area contributed by atoms with Gasteiger partial charge in [0.05, 0.1) is 6.54 Å². The molecule has 1 heterocycles. The zero-order valence-electron chi connectivity index (χ0n) is 12.2. The minimum absolute atomic E-state index is 0.764. The summed E-state index contributed by atoms with van der Waals surface area (Å²) in [6.07, 6.45) is 0. The molecule has 0 aliphatic carbocycles. The Labute approximate surface area is 139 Å². The van der Waals surface area contributed by atoms with E-state index >= 15 is 0 Å². The molecule has 22 heavy (non-hydrogen) atoms. The van der Waals surface area contributed by atoms with Gasteiger partial charge >= 0.3 is 0 Å². The van der Waals surface area contributed by atoms with Crippen molar-refractivity contribution in [2.45, 2.75) is 24.4 Å². The summed E-state index contributed by atoms with van der Waals surface area (Å²) in [5.74, 6) is 1.76. The Balaban J connectivity index is 1.74. The van der Waals surface area contributed by atoms with E-state index in [-0.39, 0.29) is 0 Å². The molecule has 3 aromatic rings. The largest absolute Gasteiger partial charge is 0.302 e. The number of rotatable bonds is 5. The quantitative estimate of drug-likeness (QED) is 0.642. The number of thioether (sulfide) groups is 1. The lowest BCUT2D eigenvalue weighted by molar-refractivity contribution is 0.688. The average molecular weight is 330 g/mol. The lowest BCUT2D eigenvalue weighted by atomic mass is 10.2. The molecule has 0 spiro atoms. The molecule has 0 fully saturated rings. The molecule has 3 nitrogen and oxygen atoms in total. The maximum absolute atomic E-state index is 6.03. The predicted molar refractivity (Wildman–Crippen MR) is 91.3 cm³/mol. The second-order valence-electron chi connectivity index (χ2n) is 5.02. The van der Waals surface area contributed by atoms with Gasteiger partial charge in [0.25, 0.3) is 0 Å². The molecule has 2 aromatic carbocycles. The van der Waals surface area contributed by atoms with E-state index in [0.717, 1.165) is 28.3 Å². The third-order valence-corrected chi connectivity index (χ3v) is 4.62. The average Bonchev–Trinajstić information content (AvgIpc) is 2.87. The van der Waals surface area contributed by atoms with Gasteiger partial charge < -0.3 is 4.57 Å². The summed E-state index contributed by atoms with van der Waals surface area (Å²) in [5.41, 5.74) is 2.43. The highest BCUT2D eigenvalue weighted by atomic mass is 35.5. The van der Waals surface area contributed by atoms with Gasteiger partial charge in [-0.1, -0.05) is 65.8 Å². The molecule has 0 bridgehead atoms. The molecular weight excluding hydrogens is 314 g/mol. The van der Waals surface area contributed by atoms with E-state index in [0.29, 0.717) is 0 Å². The van der Waals surface area contributed by atoms with Crippen LogP contribution in [-0.4, -0.2) is 14.8 Å². The zero-order chi connectivity index (χ0) is 15.4. The maximum atomic E-state index is 6.03. The van der Waals surface area contributed by atoms with E-state index < -0.39 is 0 Å². The first-order chi connectivity index (χ1) is 10.7. The van der Waals surface area contributed by atoms with Crippen molar-refractivity contribution in [1.82, 2.24) is 14.8 Å². The topological polar surface area (TPSA) is 30.7 Å². The summed E-state index contributed by atoms with van der Waals surface area (Å²) >= 11 is 7.71. The minimum atomic E-state index is 0.764. The molecule has 1 aromatic heterocycles. The Morgan fingerprint density at radius 2 is 1.77 bits per heavy atom. The summed E-state index contributed by atoms with van der Waals surface area (Å²) in [6.45, 7) is 2.77. The summed E-state index contributed by atoms with van der Waals surface area (Å²) in [6, 6.07) is 18.3. The fourth-order valence-electron chi connectivity index (χ4n) is 2.19. The van der Waals surface area contributed by atoms with Crippen molar-refractivity contribution in [1.29, 1.82) is 0 Å². The van der Waals surface area contributed by atoms with Gasteiger partial charge in [-0.25, -0.2) is 0 Å². The fraction of sp³-hybridized carbons (Fsp3) is 0.176. The van der Waals surface area contributed by atoms with E-state index in [1.54, 1.807) is 11.8 Å². The van der Waals surface area contributed by atoms with Crippen LogP contribution in [0.1, 0.15) is 17.0 Å². The lowest BCUT2D eigenvalue weighted by Crippen LogP contribution is -2.03. The fourth-order valence-corrected chi connectivity index (χ4v) is 3.33. The first-order valence-electron chi connectivity index (χ1n) is 7.03. The molecule has 5 heteroatoms. The van der Waals surface area contributed by atoms with Crippen molar-refractivity contribution in [3.05, 3.63) is 76.6 Å². The first-order valence-corrected chi connectivity index (χ1v) is 8.40. The number of benzene rings is 2. The van der Waals surface area contributed by atoms with E-state index in [9.17, 15) is 0 Å². The number of halogens is 1. The molecule has 0 aliphatic heterocycles. The van der Waals surface area contributed by atoms with Crippen LogP contribution < -0.4 is 0 Å². The third-order valence-electron chi connectivity index (χ3n) is 3.34. The molecule has 0 radical (unpaired) electrons. The first kappa shape index (κ1) is 15.1. The number of hydrogen-bond acceptors (Lipinski definition) is 3. The molecule has 0 aliphatic rings. The monoisotopic (exact) mass is 329 g/mol. The SMILES string of the molecule is Cc1nnc(SCc2cccc(Cl)c2)n1Cc1ccccc1. The van der Waals surface area contributed by atoms with Gasteiger partial charge in [-0.2, -0.15) is 0 Å². The molecule has 0 N–H and O–H groups in total. The number of hydrogen-bond donors (Lipinski definition) is 0. The van der Waals surface area contributed by atoms with Gasteiger partial charge in [0.1, 0.15) is 5.82 Å². The van der Waals surface area contributed by atoms with Crippen LogP contribution >= 0.6 is 23.4 Å². The minimum Gasteiger partial charge on any atom is -0.302 e. The van der Waals surface area contributed by atoms with Crippen LogP contribution in [0, 0.1) is 6.92 Å². The number of aryl methyl sites for hydroxylation is 1. The predicted octanol–water partition coefficient (Wildman–Crippen LogP) is 4.58. The molecule has 0 saturated carbocycles. The zero-order valence-corrected chi connectivity index (χ0v) is 13.8. The number of aromatic nitrogens is 3. The van der Waals surface area contributed by atoms with Crippen LogP contribution in [0.25, 0.3) is 0 Å². The smallest absolute Gasteiger partial charge is 0.191 e. The van der Waals surface area contributed by atoms with E-state index in [1.807, 2.05) is 43.3 Å². The van der Waals surface area contributed by atoms with Crippen LogP contribution in [0.2, 0.25) is 5.02 Å². The van der Waals surface area contributed by atoms with E-state index in [4.69, 9.17) is 11.6 Å². The Hall–Kier alpha value is -1.78. The lowest BCUT2D eigenvalue weighted by Gasteiger charge is -2.08. The van der Waals surface area contributed by atoms with Gasteiger partial charge in [-0.15, -0.1) is 10.2 Å². The Kier molecular flexibility index (Phi) is 4.80. The molecule has 112 valence electrons. The Bertz CT molecular complexity index is 756. The normalized spacial score (nSPS) is 10.8. The Morgan fingerprint density at radius 1 is 1.00 bits per heavy atom. The maximum Gasteiger partial charge on any atom is 0.191 e. The van der Waals surface area contributed by atoms with Crippen LogP contribution in [0.3, 0.4) is 0 Å². The summed E-state index contributed by atoms with van der Waals surface area (Å²) in [4.78, 5) is 0. The van der Waals surface area contributed by atoms with Gasteiger partial charge in [0, 0.05) is 10.8 Å². The highest BCUT2D eigenvalue weighted by Crippen LogP contribution is 2.24. The third kappa shape index (κ3) is 3.70. The standard InChI is InChI=1S/C17H16ClN3S/c1-13-19-20-17(21(13)11-14-6-3-2-4-7-14)22-12-15-8-5-9-16(18)10-15/h2-10H,11-12H2,1H3.